The molecule has 0 saturated heterocycles. The zero-order valence-corrected chi connectivity index (χ0v) is 10.3. The number of nitrogens with zero attached hydrogens (tertiary/aromatic N) is 1. The Morgan fingerprint density at radius 1 is 1.31 bits per heavy atom. The van der Waals surface area contributed by atoms with E-state index in [0.717, 1.165) is 23.7 Å². The highest BCUT2D eigenvalue weighted by molar-refractivity contribution is 5.42. The quantitative estimate of drug-likeness (QED) is 0.851. The summed E-state index contributed by atoms with van der Waals surface area (Å²) in [6.07, 6.45) is 7.82. The summed E-state index contributed by atoms with van der Waals surface area (Å²) < 4.78 is 5.38. The third-order valence-electron chi connectivity index (χ3n) is 3.61. The van der Waals surface area contributed by atoms with Crippen molar-refractivity contribution < 1.29 is 4.52 Å². The van der Waals surface area contributed by atoms with E-state index in [1.807, 2.05) is 0 Å². The minimum absolute atomic E-state index is 0.407. The number of rotatable bonds is 3. The van der Waals surface area contributed by atoms with Crippen LogP contribution in [-0.4, -0.2) is 5.16 Å². The lowest BCUT2D eigenvalue weighted by Gasteiger charge is -2.20. The Morgan fingerprint density at radius 3 is 2.62 bits per heavy atom. The SMILES string of the molecule is CC(C)c1c(N)noc1CC1CCCCC1. The lowest BCUT2D eigenvalue weighted by Crippen LogP contribution is -2.10. The van der Waals surface area contributed by atoms with Gasteiger partial charge in [-0.25, -0.2) is 0 Å². The van der Waals surface area contributed by atoms with Crippen molar-refractivity contribution in [3.05, 3.63) is 11.3 Å². The molecule has 90 valence electrons. The largest absolute Gasteiger partial charge is 0.381 e. The number of hydrogen-bond acceptors (Lipinski definition) is 3. The monoisotopic (exact) mass is 222 g/mol. The lowest BCUT2D eigenvalue weighted by molar-refractivity contribution is 0.308. The number of nitrogen functional groups attached to an aromatic ring is 1. The molecule has 0 unspecified atom stereocenters. The normalized spacial score (nSPS) is 18.2. The molecule has 3 nitrogen and oxygen atoms in total. The Bertz CT molecular complexity index is 338. The fourth-order valence-corrected chi connectivity index (χ4v) is 2.76. The average molecular weight is 222 g/mol. The van der Waals surface area contributed by atoms with E-state index in [1.165, 1.54) is 32.1 Å². The standard InChI is InChI=1S/C13H22N2O/c1-9(2)12-11(16-15-13(12)14)8-10-6-4-3-5-7-10/h9-10H,3-8H2,1-2H3,(H2,14,15). The van der Waals surface area contributed by atoms with Gasteiger partial charge in [0.2, 0.25) is 0 Å². The maximum atomic E-state index is 5.84. The van der Waals surface area contributed by atoms with E-state index in [-0.39, 0.29) is 0 Å². The van der Waals surface area contributed by atoms with Gasteiger partial charge in [-0.15, -0.1) is 0 Å². The van der Waals surface area contributed by atoms with Crippen LogP contribution in [-0.2, 0) is 6.42 Å². The van der Waals surface area contributed by atoms with Gasteiger partial charge in [-0.1, -0.05) is 51.1 Å². The van der Waals surface area contributed by atoms with Crippen LogP contribution in [0.4, 0.5) is 5.82 Å². The first-order chi connectivity index (χ1) is 7.68. The van der Waals surface area contributed by atoms with Gasteiger partial charge in [0.1, 0.15) is 5.76 Å². The Hall–Kier alpha value is -0.990. The van der Waals surface area contributed by atoms with Gasteiger partial charge in [0, 0.05) is 12.0 Å². The summed E-state index contributed by atoms with van der Waals surface area (Å²) in [6.45, 7) is 4.29. The zero-order chi connectivity index (χ0) is 11.5. The predicted octanol–water partition coefficient (Wildman–Crippen LogP) is 3.50. The molecule has 0 amide bonds. The van der Waals surface area contributed by atoms with Crippen LogP contribution < -0.4 is 5.73 Å². The number of hydrogen-bond donors (Lipinski definition) is 1. The van der Waals surface area contributed by atoms with Crippen molar-refractivity contribution in [2.75, 3.05) is 5.73 Å². The number of aromatic nitrogens is 1. The second-order valence-corrected chi connectivity index (χ2v) is 5.27. The van der Waals surface area contributed by atoms with Crippen LogP contribution in [0.25, 0.3) is 0 Å². The maximum Gasteiger partial charge on any atom is 0.170 e. The fourth-order valence-electron chi connectivity index (χ4n) is 2.76. The molecule has 1 aromatic heterocycles. The Kier molecular flexibility index (Phi) is 3.52. The molecule has 16 heavy (non-hydrogen) atoms. The van der Waals surface area contributed by atoms with E-state index in [1.54, 1.807) is 0 Å². The fraction of sp³-hybridized carbons (Fsp3) is 0.769. The summed E-state index contributed by atoms with van der Waals surface area (Å²) in [6, 6.07) is 0. The Labute approximate surface area is 97.4 Å². The molecule has 0 atom stereocenters. The first kappa shape index (κ1) is 11.5. The molecule has 1 aromatic rings. The van der Waals surface area contributed by atoms with E-state index in [0.29, 0.717) is 11.7 Å². The summed E-state index contributed by atoms with van der Waals surface area (Å²) in [5.74, 6) is 2.80. The number of nitrogens with two attached hydrogens (primary N) is 1. The van der Waals surface area contributed by atoms with Gasteiger partial charge in [-0.3, -0.25) is 0 Å². The van der Waals surface area contributed by atoms with Crippen molar-refractivity contribution in [1.82, 2.24) is 5.16 Å². The first-order valence-corrected chi connectivity index (χ1v) is 6.42. The van der Waals surface area contributed by atoms with Crippen LogP contribution in [0.5, 0.6) is 0 Å². The topological polar surface area (TPSA) is 52.0 Å². The van der Waals surface area contributed by atoms with Crippen LogP contribution in [0.3, 0.4) is 0 Å². The molecule has 1 saturated carbocycles. The van der Waals surface area contributed by atoms with E-state index in [2.05, 4.69) is 19.0 Å². The third-order valence-corrected chi connectivity index (χ3v) is 3.61. The molecule has 1 heterocycles. The summed E-state index contributed by atoms with van der Waals surface area (Å²) in [5.41, 5.74) is 6.97. The molecule has 0 spiro atoms. The van der Waals surface area contributed by atoms with Crippen LogP contribution in [0.15, 0.2) is 4.52 Å². The maximum absolute atomic E-state index is 5.84. The number of anilines is 1. The van der Waals surface area contributed by atoms with Gasteiger partial charge in [0.05, 0.1) is 0 Å². The Morgan fingerprint density at radius 2 is 2.00 bits per heavy atom. The molecule has 0 bridgehead atoms. The molecule has 1 fully saturated rings. The van der Waals surface area contributed by atoms with Gasteiger partial charge in [0.25, 0.3) is 0 Å². The minimum Gasteiger partial charge on any atom is -0.381 e. The van der Waals surface area contributed by atoms with Gasteiger partial charge >= 0.3 is 0 Å². The van der Waals surface area contributed by atoms with Crippen LogP contribution in [0.2, 0.25) is 0 Å². The minimum atomic E-state index is 0.407. The van der Waals surface area contributed by atoms with E-state index in [9.17, 15) is 0 Å². The molecule has 0 radical (unpaired) electrons. The second kappa shape index (κ2) is 4.89. The van der Waals surface area contributed by atoms with Crippen molar-refractivity contribution in [2.45, 2.75) is 58.3 Å². The highest BCUT2D eigenvalue weighted by atomic mass is 16.5. The summed E-state index contributed by atoms with van der Waals surface area (Å²) in [4.78, 5) is 0. The molecular formula is C13H22N2O. The van der Waals surface area contributed by atoms with Gasteiger partial charge in [-0.2, -0.15) is 0 Å². The average Bonchev–Trinajstić information content (AvgIpc) is 2.61. The first-order valence-electron chi connectivity index (χ1n) is 6.42. The molecule has 3 heteroatoms. The zero-order valence-electron chi connectivity index (χ0n) is 10.3. The molecule has 0 aromatic carbocycles. The van der Waals surface area contributed by atoms with E-state index < -0.39 is 0 Å². The highest BCUT2D eigenvalue weighted by Crippen LogP contribution is 2.32. The van der Waals surface area contributed by atoms with Crippen molar-refractivity contribution in [3.63, 3.8) is 0 Å². The van der Waals surface area contributed by atoms with E-state index >= 15 is 0 Å². The van der Waals surface area contributed by atoms with E-state index in [4.69, 9.17) is 10.3 Å². The van der Waals surface area contributed by atoms with Gasteiger partial charge in [-0.05, 0) is 11.8 Å². The second-order valence-electron chi connectivity index (χ2n) is 5.27. The van der Waals surface area contributed by atoms with Crippen molar-refractivity contribution in [3.8, 4) is 0 Å². The lowest BCUT2D eigenvalue weighted by atomic mass is 9.85. The van der Waals surface area contributed by atoms with Crippen LogP contribution >= 0.6 is 0 Å². The van der Waals surface area contributed by atoms with Crippen molar-refractivity contribution in [1.29, 1.82) is 0 Å². The van der Waals surface area contributed by atoms with Gasteiger partial charge in [0.15, 0.2) is 5.82 Å². The van der Waals surface area contributed by atoms with Gasteiger partial charge < -0.3 is 10.3 Å². The van der Waals surface area contributed by atoms with Crippen LogP contribution in [0, 0.1) is 5.92 Å². The third kappa shape index (κ3) is 2.39. The predicted molar refractivity (Wildman–Crippen MR) is 65.3 cm³/mol. The summed E-state index contributed by atoms with van der Waals surface area (Å²) in [7, 11) is 0. The highest BCUT2D eigenvalue weighted by Gasteiger charge is 2.21. The molecule has 1 aliphatic rings. The molecule has 1 aliphatic carbocycles. The van der Waals surface area contributed by atoms with Crippen molar-refractivity contribution >= 4 is 5.82 Å². The van der Waals surface area contributed by atoms with Crippen LogP contribution in [0.1, 0.15) is 63.2 Å². The summed E-state index contributed by atoms with van der Waals surface area (Å²) in [5, 5.41) is 3.91. The molecule has 0 aliphatic heterocycles. The summed E-state index contributed by atoms with van der Waals surface area (Å²) >= 11 is 0. The smallest absolute Gasteiger partial charge is 0.170 e. The molecule has 2 N–H and O–H groups in total. The molecule has 2 rings (SSSR count). The Balaban J connectivity index is 2.08. The molecular weight excluding hydrogens is 200 g/mol. The van der Waals surface area contributed by atoms with Crippen molar-refractivity contribution in [2.24, 2.45) is 5.92 Å².